The van der Waals surface area contributed by atoms with Crippen molar-refractivity contribution < 1.29 is 194 Å². The lowest BCUT2D eigenvalue weighted by atomic mass is 10.6. The zero-order valence-electron chi connectivity index (χ0n) is 74.6. The fourth-order valence-corrected chi connectivity index (χ4v) is 8.27. The summed E-state index contributed by atoms with van der Waals surface area (Å²) in [6, 6.07) is 0. The summed E-state index contributed by atoms with van der Waals surface area (Å²) in [7, 11) is 3.29. The van der Waals surface area contributed by atoms with E-state index in [1.807, 2.05) is 0 Å². The van der Waals surface area contributed by atoms with E-state index in [1.54, 1.807) is 14.2 Å². The molecule has 0 aliphatic rings. The van der Waals surface area contributed by atoms with Gasteiger partial charge in [-0.3, -0.25) is 0 Å². The van der Waals surface area contributed by atoms with E-state index in [9.17, 15) is 9.59 Å². The van der Waals surface area contributed by atoms with Crippen molar-refractivity contribution in [1.82, 2.24) is 0 Å². The molecule has 0 aromatic carbocycles. The first-order chi connectivity index (χ1) is 61.1. The predicted octanol–water partition coefficient (Wildman–Crippen LogP) is 1.30. The zero-order chi connectivity index (χ0) is 88.5. The van der Waals surface area contributed by atoms with Gasteiger partial charge in [-0.15, -0.1) is 0 Å². The van der Waals surface area contributed by atoms with Gasteiger partial charge >= 0.3 is 11.9 Å². The highest BCUT2D eigenvalue weighted by molar-refractivity contribution is 5.81. The average Bonchev–Trinajstić information content (AvgIpc) is 1.40. The van der Waals surface area contributed by atoms with Gasteiger partial charge in [0.25, 0.3) is 0 Å². The van der Waals surface area contributed by atoms with Crippen LogP contribution in [0.3, 0.4) is 0 Å². The third kappa shape index (κ3) is 121. The molecule has 0 saturated carbocycles. The van der Waals surface area contributed by atoms with Gasteiger partial charge in [0, 0.05) is 26.4 Å². The van der Waals surface area contributed by atoms with Crippen molar-refractivity contribution in [2.24, 2.45) is 0 Å². The van der Waals surface area contributed by atoms with Gasteiger partial charge in [-0.25, -0.2) is 9.59 Å². The topological polar surface area (TPSA) is 394 Å². The molecule has 0 aliphatic carbocycles. The molecule has 0 aromatic rings. The maximum Gasteiger partial charge on any atom is 0.330 e. The number of hydrogen-bond acceptors (Lipinski definition) is 41. The van der Waals surface area contributed by atoms with Gasteiger partial charge in [0.2, 0.25) is 0 Å². The van der Waals surface area contributed by atoms with E-state index >= 15 is 0 Å². The Bertz CT molecular complexity index is 1940. The van der Waals surface area contributed by atoms with E-state index in [0.29, 0.717) is 476 Å². The van der Waals surface area contributed by atoms with Crippen molar-refractivity contribution in [2.45, 2.75) is 0 Å². The summed E-state index contributed by atoms with van der Waals surface area (Å²) in [4.78, 5) is 21.7. The van der Waals surface area contributed by atoms with Gasteiger partial charge in [0.05, 0.1) is 476 Å². The minimum absolute atomic E-state index is 0.192. The van der Waals surface area contributed by atoms with E-state index < -0.39 is 11.9 Å². The molecule has 0 aliphatic heterocycles. The maximum atomic E-state index is 10.9. The van der Waals surface area contributed by atoms with Gasteiger partial charge in [-0.2, -0.15) is 0 Å². The number of carbonyl (C=O) groups is 2. The Morgan fingerprint density at radius 1 is 0.130 bits per heavy atom. The maximum absolute atomic E-state index is 10.9. The summed E-state index contributed by atoms with van der Waals surface area (Å²) in [5.74, 6) is -0.926. The molecule has 0 heterocycles. The van der Waals surface area contributed by atoms with E-state index in [-0.39, 0.29) is 13.2 Å². The van der Waals surface area contributed by atoms with Crippen molar-refractivity contribution >= 4 is 11.9 Å². The Labute approximate surface area is 732 Å². The van der Waals surface area contributed by atoms with Gasteiger partial charge < -0.3 is 185 Å². The normalized spacial score (nSPS) is 11.5. The van der Waals surface area contributed by atoms with Crippen molar-refractivity contribution in [3.05, 3.63) is 25.3 Å². The molecule has 123 heavy (non-hydrogen) atoms. The standard InChI is InChI=1S/C42H82O21.C40H78O20/c1-3-42(43)63-41-40-62-39-38-61-37-36-60-35-34-59-33-32-58-31-30-57-29-28-56-27-26-55-25-24-54-23-22-53-21-20-52-19-18-51-17-16-50-15-14-49-13-12-48-11-10-47-9-8-46-7-6-45-5-4-44-2;1-3-40(41)60-39-38-59-37-36-58-35-34-57-33-32-56-31-30-55-29-28-54-27-26-53-25-24-52-23-22-51-21-20-50-19-18-49-17-16-48-15-14-47-13-12-46-11-10-45-9-8-44-7-6-43-5-4-42-2/h3H,1,4-41H2,2H3;3H,1,4-39H2,2H3. The van der Waals surface area contributed by atoms with E-state index in [2.05, 4.69) is 13.2 Å². The van der Waals surface area contributed by atoms with E-state index in [4.69, 9.17) is 185 Å². The number of carbonyl (C=O) groups excluding carboxylic acids is 2. The lowest BCUT2D eigenvalue weighted by Crippen LogP contribution is -2.16. The minimum Gasteiger partial charge on any atom is -0.460 e. The molecule has 0 unspecified atom stereocenters. The molecule has 0 bridgehead atoms. The molecule has 0 fully saturated rings. The SMILES string of the molecule is C=CC(=O)OCCOCCOCCOCCOCCOCCOCCOCCOCCOCCOCCOCCOCCOCCOCCOCCOCCOCCOC.C=CC(=O)OCCOCCOCCOCCOCCOCCOCCOCCOCCOCCOCCOCCOCCOCCOCCOCCOCCOCCOCCOC. The van der Waals surface area contributed by atoms with Crippen molar-refractivity contribution in [1.29, 1.82) is 0 Å². The highest BCUT2D eigenvalue weighted by atomic mass is 16.6. The lowest BCUT2D eigenvalue weighted by molar-refractivity contribution is -0.140. The lowest BCUT2D eigenvalue weighted by Gasteiger charge is -2.09. The molecule has 41 nitrogen and oxygen atoms in total. The smallest absolute Gasteiger partial charge is 0.330 e. The Kier molecular flexibility index (Phi) is 118. The highest BCUT2D eigenvalue weighted by Gasteiger charge is 2.05. The summed E-state index contributed by atoms with van der Waals surface area (Å²) in [6.07, 6.45) is 2.22. The summed E-state index contributed by atoms with van der Waals surface area (Å²) >= 11 is 0. The predicted molar refractivity (Wildman–Crippen MR) is 445 cm³/mol. The van der Waals surface area contributed by atoms with Crippen LogP contribution >= 0.6 is 0 Å². The fraction of sp³-hybridized carbons (Fsp3) is 0.927. The van der Waals surface area contributed by atoms with Crippen LogP contribution in [0.25, 0.3) is 0 Å². The summed E-state index contributed by atoms with van der Waals surface area (Å²) < 4.78 is 210. The molecular weight excluding hydrogens is 1640 g/mol. The van der Waals surface area contributed by atoms with Gasteiger partial charge in [-0.1, -0.05) is 13.2 Å². The number of hydrogen-bond donors (Lipinski definition) is 0. The number of ether oxygens (including phenoxy) is 39. The molecule has 0 rings (SSSR count). The van der Waals surface area contributed by atoms with Crippen LogP contribution in [0.15, 0.2) is 25.3 Å². The van der Waals surface area contributed by atoms with Crippen LogP contribution in [0.1, 0.15) is 0 Å². The van der Waals surface area contributed by atoms with E-state index in [0.717, 1.165) is 12.2 Å². The monoisotopic (exact) mass is 1800 g/mol. The molecule has 734 valence electrons. The Morgan fingerprint density at radius 2 is 0.195 bits per heavy atom. The van der Waals surface area contributed by atoms with Gasteiger partial charge in [-0.05, 0) is 0 Å². The van der Waals surface area contributed by atoms with Crippen LogP contribution in [0.4, 0.5) is 0 Å². The number of methoxy groups -OCH3 is 2. The van der Waals surface area contributed by atoms with Crippen molar-refractivity contribution in [2.75, 3.05) is 503 Å². The summed E-state index contributed by atoms with van der Waals surface area (Å²) in [6.45, 7) is 42.4. The summed E-state index contributed by atoms with van der Waals surface area (Å²) in [5, 5.41) is 0. The van der Waals surface area contributed by atoms with Gasteiger partial charge in [0.15, 0.2) is 0 Å². The number of rotatable bonds is 113. The minimum atomic E-state index is -0.463. The second-order valence-corrected chi connectivity index (χ2v) is 24.2. The van der Waals surface area contributed by atoms with Crippen LogP contribution in [0.5, 0.6) is 0 Å². The van der Waals surface area contributed by atoms with Crippen LogP contribution < -0.4 is 0 Å². The molecule has 0 atom stereocenters. The molecule has 0 spiro atoms. The first-order valence-corrected chi connectivity index (χ1v) is 42.9. The van der Waals surface area contributed by atoms with E-state index in [1.165, 1.54) is 0 Å². The van der Waals surface area contributed by atoms with Crippen LogP contribution in [0.2, 0.25) is 0 Å². The quantitative estimate of drug-likeness (QED) is 0.0470. The van der Waals surface area contributed by atoms with Crippen molar-refractivity contribution in [3.63, 3.8) is 0 Å². The van der Waals surface area contributed by atoms with Crippen molar-refractivity contribution in [3.8, 4) is 0 Å². The Morgan fingerprint density at radius 3 is 0.260 bits per heavy atom. The van der Waals surface area contributed by atoms with Crippen LogP contribution in [-0.2, 0) is 194 Å². The van der Waals surface area contributed by atoms with Crippen LogP contribution in [-0.4, -0.2) is 515 Å². The molecular formula is C82H160O41. The largest absolute Gasteiger partial charge is 0.460 e. The molecule has 0 amide bonds. The van der Waals surface area contributed by atoms with Crippen LogP contribution in [0, 0.1) is 0 Å². The molecule has 41 heteroatoms. The molecule has 0 N–H and O–H groups in total. The summed E-state index contributed by atoms with van der Waals surface area (Å²) in [5.41, 5.74) is 0. The Hall–Kier alpha value is -3.06. The molecule has 0 saturated heterocycles. The van der Waals surface area contributed by atoms with Gasteiger partial charge in [0.1, 0.15) is 13.2 Å². The first kappa shape index (κ1) is 122. The molecule has 0 aromatic heterocycles. The second-order valence-electron chi connectivity index (χ2n) is 24.2. The fourth-order valence-electron chi connectivity index (χ4n) is 8.27. The average molecular weight is 1800 g/mol. The first-order valence-electron chi connectivity index (χ1n) is 42.9. The Balaban J connectivity index is 0. The number of esters is 2. The third-order valence-corrected chi connectivity index (χ3v) is 14.4. The molecule has 0 radical (unpaired) electrons. The zero-order valence-corrected chi connectivity index (χ0v) is 74.6. The highest BCUT2D eigenvalue weighted by Crippen LogP contribution is 1.95. The second kappa shape index (κ2) is 119. The third-order valence-electron chi connectivity index (χ3n) is 14.4.